The van der Waals surface area contributed by atoms with Crippen LogP contribution in [0.25, 0.3) is 0 Å². The molecule has 0 fully saturated rings. The molecular weight excluding hydrogens is 344 g/mol. The lowest BCUT2D eigenvalue weighted by Gasteiger charge is -2.31. The fourth-order valence-electron chi connectivity index (χ4n) is 3.99. The van der Waals surface area contributed by atoms with Gasteiger partial charge >= 0.3 is 0 Å². The summed E-state index contributed by atoms with van der Waals surface area (Å²) in [6.07, 6.45) is 11.9. The molecule has 0 aliphatic carbocycles. The number of rotatable bonds is 13. The van der Waals surface area contributed by atoms with Crippen LogP contribution in [-0.4, -0.2) is 14.2 Å². The highest BCUT2D eigenvalue weighted by atomic mass is 16.5. The van der Waals surface area contributed by atoms with E-state index in [4.69, 9.17) is 9.47 Å². The van der Waals surface area contributed by atoms with E-state index >= 15 is 0 Å². The van der Waals surface area contributed by atoms with Gasteiger partial charge in [-0.2, -0.15) is 0 Å². The van der Waals surface area contributed by atoms with Gasteiger partial charge in [0.15, 0.2) is 0 Å². The first kappa shape index (κ1) is 22.3. The van der Waals surface area contributed by atoms with Gasteiger partial charge in [0, 0.05) is 5.41 Å². The van der Waals surface area contributed by atoms with Crippen LogP contribution in [0.4, 0.5) is 0 Å². The molecule has 0 atom stereocenters. The number of unbranched alkanes of at least 4 members (excludes halogenated alkanes) is 7. The molecule has 2 aromatic carbocycles. The molecule has 0 amide bonds. The second kappa shape index (κ2) is 11.8. The van der Waals surface area contributed by atoms with Crippen molar-refractivity contribution in [2.75, 3.05) is 14.2 Å². The van der Waals surface area contributed by atoms with Crippen LogP contribution in [-0.2, 0) is 5.41 Å². The van der Waals surface area contributed by atoms with E-state index < -0.39 is 0 Å². The van der Waals surface area contributed by atoms with E-state index in [0.717, 1.165) is 17.9 Å². The predicted octanol–water partition coefficient (Wildman–Crippen LogP) is 7.54. The molecule has 0 saturated heterocycles. The lowest BCUT2D eigenvalue weighted by Crippen LogP contribution is -2.23. The van der Waals surface area contributed by atoms with Crippen LogP contribution >= 0.6 is 0 Å². The molecule has 0 N–H and O–H groups in total. The summed E-state index contributed by atoms with van der Waals surface area (Å²) in [5.41, 5.74) is 2.70. The predicted molar refractivity (Wildman–Crippen MR) is 120 cm³/mol. The van der Waals surface area contributed by atoms with Gasteiger partial charge in [0.25, 0.3) is 0 Å². The summed E-state index contributed by atoms with van der Waals surface area (Å²) in [6, 6.07) is 17.2. The van der Waals surface area contributed by atoms with Crippen molar-refractivity contribution >= 4 is 0 Å². The molecule has 2 heteroatoms. The Balaban J connectivity index is 2.05. The van der Waals surface area contributed by atoms with Gasteiger partial charge in [-0.05, 0) is 41.8 Å². The minimum Gasteiger partial charge on any atom is -0.497 e. The summed E-state index contributed by atoms with van der Waals surface area (Å²) in [7, 11) is 3.44. The quantitative estimate of drug-likeness (QED) is 0.333. The van der Waals surface area contributed by atoms with E-state index in [9.17, 15) is 0 Å². The van der Waals surface area contributed by atoms with Crippen LogP contribution in [0.15, 0.2) is 48.5 Å². The fraction of sp³-hybridized carbons (Fsp3) is 0.538. The van der Waals surface area contributed by atoms with Gasteiger partial charge < -0.3 is 9.47 Å². The summed E-state index contributed by atoms with van der Waals surface area (Å²) in [4.78, 5) is 0. The second-order valence-corrected chi connectivity index (χ2v) is 8.01. The lowest BCUT2D eigenvalue weighted by atomic mass is 9.72. The Morgan fingerprint density at radius 1 is 0.607 bits per heavy atom. The number of hydrogen-bond acceptors (Lipinski definition) is 2. The van der Waals surface area contributed by atoms with E-state index in [0.29, 0.717) is 0 Å². The maximum Gasteiger partial charge on any atom is 0.118 e. The Kier molecular flexibility index (Phi) is 9.40. The molecular formula is C26H38O2. The highest BCUT2D eigenvalue weighted by molar-refractivity contribution is 5.42. The summed E-state index contributed by atoms with van der Waals surface area (Å²) in [6.45, 7) is 4.65. The monoisotopic (exact) mass is 382 g/mol. The van der Waals surface area contributed by atoms with Crippen LogP contribution in [0.1, 0.15) is 82.8 Å². The molecule has 0 aliphatic rings. The van der Waals surface area contributed by atoms with Gasteiger partial charge in [0.05, 0.1) is 14.2 Å². The zero-order valence-electron chi connectivity index (χ0n) is 18.3. The van der Waals surface area contributed by atoms with Crippen LogP contribution in [0.2, 0.25) is 0 Å². The van der Waals surface area contributed by atoms with Crippen LogP contribution < -0.4 is 9.47 Å². The normalized spacial score (nSPS) is 11.4. The molecule has 0 bridgehead atoms. The summed E-state index contributed by atoms with van der Waals surface area (Å²) < 4.78 is 10.7. The smallest absolute Gasteiger partial charge is 0.118 e. The highest BCUT2D eigenvalue weighted by Gasteiger charge is 2.28. The number of methoxy groups -OCH3 is 2. The molecule has 28 heavy (non-hydrogen) atoms. The zero-order valence-corrected chi connectivity index (χ0v) is 18.3. The van der Waals surface area contributed by atoms with E-state index in [1.165, 1.54) is 62.5 Å². The van der Waals surface area contributed by atoms with Gasteiger partial charge in [-0.15, -0.1) is 0 Å². The van der Waals surface area contributed by atoms with Crippen molar-refractivity contribution in [3.8, 4) is 11.5 Å². The van der Waals surface area contributed by atoms with Crippen molar-refractivity contribution in [2.45, 2.75) is 77.0 Å². The summed E-state index contributed by atoms with van der Waals surface area (Å²) in [5, 5.41) is 0. The average molecular weight is 383 g/mol. The largest absolute Gasteiger partial charge is 0.497 e. The lowest BCUT2D eigenvalue weighted by molar-refractivity contribution is 0.412. The van der Waals surface area contributed by atoms with Crippen LogP contribution in [0.3, 0.4) is 0 Å². The van der Waals surface area contributed by atoms with Gasteiger partial charge in [-0.3, -0.25) is 0 Å². The van der Waals surface area contributed by atoms with Gasteiger partial charge in [-0.25, -0.2) is 0 Å². The van der Waals surface area contributed by atoms with E-state index in [2.05, 4.69) is 62.4 Å². The summed E-state index contributed by atoms with van der Waals surface area (Å²) >= 11 is 0. The highest BCUT2D eigenvalue weighted by Crippen LogP contribution is 2.38. The SMILES string of the molecule is CCCCCCCCCCC(C)(c1ccc(OC)cc1)c1ccc(OC)cc1. The first-order chi connectivity index (χ1) is 13.6. The van der Waals surface area contributed by atoms with Gasteiger partial charge in [0.1, 0.15) is 11.5 Å². The maximum absolute atomic E-state index is 5.35. The summed E-state index contributed by atoms with van der Waals surface area (Å²) in [5.74, 6) is 1.82. The number of ether oxygens (including phenoxy) is 2. The fourth-order valence-corrected chi connectivity index (χ4v) is 3.99. The molecule has 0 heterocycles. The van der Waals surface area contributed by atoms with Crippen molar-refractivity contribution in [1.29, 1.82) is 0 Å². The van der Waals surface area contributed by atoms with Crippen molar-refractivity contribution in [1.82, 2.24) is 0 Å². The topological polar surface area (TPSA) is 18.5 Å². The second-order valence-electron chi connectivity index (χ2n) is 8.01. The third kappa shape index (κ3) is 6.29. The van der Waals surface area contributed by atoms with Crippen LogP contribution in [0, 0.1) is 0 Å². The van der Waals surface area contributed by atoms with Gasteiger partial charge in [-0.1, -0.05) is 89.5 Å². The molecule has 2 rings (SSSR count). The van der Waals surface area contributed by atoms with E-state index in [-0.39, 0.29) is 5.41 Å². The third-order valence-corrected chi connectivity index (χ3v) is 5.98. The van der Waals surface area contributed by atoms with E-state index in [1.54, 1.807) is 14.2 Å². The van der Waals surface area contributed by atoms with Crippen molar-refractivity contribution in [2.24, 2.45) is 0 Å². The van der Waals surface area contributed by atoms with Crippen molar-refractivity contribution in [3.05, 3.63) is 59.7 Å². The molecule has 2 aromatic rings. The molecule has 0 aliphatic heterocycles. The Morgan fingerprint density at radius 2 is 1.00 bits per heavy atom. The molecule has 0 saturated carbocycles. The van der Waals surface area contributed by atoms with E-state index in [1.807, 2.05) is 0 Å². The molecule has 0 radical (unpaired) electrons. The zero-order chi connectivity index (χ0) is 20.2. The van der Waals surface area contributed by atoms with Crippen molar-refractivity contribution in [3.63, 3.8) is 0 Å². The Labute approximate surface area is 172 Å². The number of hydrogen-bond donors (Lipinski definition) is 0. The maximum atomic E-state index is 5.35. The van der Waals surface area contributed by atoms with Crippen molar-refractivity contribution < 1.29 is 9.47 Å². The first-order valence-electron chi connectivity index (χ1n) is 10.9. The Bertz CT molecular complexity index is 610. The third-order valence-electron chi connectivity index (χ3n) is 5.98. The Hall–Kier alpha value is -1.96. The Morgan fingerprint density at radius 3 is 1.39 bits per heavy atom. The van der Waals surface area contributed by atoms with Crippen LogP contribution in [0.5, 0.6) is 11.5 Å². The molecule has 2 nitrogen and oxygen atoms in total. The first-order valence-corrected chi connectivity index (χ1v) is 10.9. The van der Waals surface area contributed by atoms with Gasteiger partial charge in [0.2, 0.25) is 0 Å². The average Bonchev–Trinajstić information content (AvgIpc) is 2.75. The molecule has 0 spiro atoms. The minimum absolute atomic E-state index is 0.000747. The minimum atomic E-state index is 0.000747. The molecule has 154 valence electrons. The molecule has 0 aromatic heterocycles. The number of benzene rings is 2. The standard InChI is InChI=1S/C26H38O2/c1-5-6-7-8-9-10-11-12-21-26(2,22-13-17-24(27-3)18-14-22)23-15-19-25(28-4)20-16-23/h13-20H,5-12,21H2,1-4H3. The molecule has 0 unspecified atom stereocenters.